The summed E-state index contributed by atoms with van der Waals surface area (Å²) in [7, 11) is 0.657. The Kier molecular flexibility index (Phi) is 21.0. The second-order valence-corrected chi connectivity index (χ2v) is 11.0. The van der Waals surface area contributed by atoms with Crippen LogP contribution in [0.25, 0.3) is 0 Å². The van der Waals surface area contributed by atoms with Crippen molar-refractivity contribution in [1.82, 2.24) is 0 Å². The molecule has 114 valence electrons. The Morgan fingerprint density at radius 1 is 0.667 bits per heavy atom. The van der Waals surface area contributed by atoms with Crippen LogP contribution in [0.1, 0.15) is 54.4 Å². The maximum absolute atomic E-state index is 2.46. The molecule has 0 heterocycles. The van der Waals surface area contributed by atoms with Crippen molar-refractivity contribution < 1.29 is 0 Å². The lowest BCUT2D eigenvalue weighted by molar-refractivity contribution is 0.880. The molecule has 4 unspecified atom stereocenters. The van der Waals surface area contributed by atoms with E-state index in [4.69, 9.17) is 0 Å². The molecule has 0 nitrogen and oxygen atoms in total. The van der Waals surface area contributed by atoms with E-state index in [9.17, 15) is 0 Å². The summed E-state index contributed by atoms with van der Waals surface area (Å²) >= 11 is 0. The Bertz CT molecular complexity index is 150. The third kappa shape index (κ3) is 9.68. The van der Waals surface area contributed by atoms with Gasteiger partial charge in [0, 0.05) is 0 Å². The van der Waals surface area contributed by atoms with Crippen LogP contribution in [0, 0.1) is 0 Å². The van der Waals surface area contributed by atoms with Crippen molar-refractivity contribution in [2.45, 2.75) is 65.7 Å². The Morgan fingerprint density at radius 2 is 0.944 bits per heavy atom. The molecule has 0 N–H and O–H groups in total. The largest absolute Gasteiger partial charge is 0.114 e. The van der Waals surface area contributed by atoms with Crippen molar-refractivity contribution in [3.8, 4) is 0 Å². The monoisotopic (exact) mass is 422 g/mol. The van der Waals surface area contributed by atoms with Crippen LogP contribution in [0.5, 0.6) is 0 Å². The van der Waals surface area contributed by atoms with E-state index in [1.54, 1.807) is 12.3 Å². The summed E-state index contributed by atoms with van der Waals surface area (Å²) in [6, 6.07) is 0. The zero-order valence-corrected chi connectivity index (χ0v) is 18.3. The van der Waals surface area contributed by atoms with Crippen LogP contribution < -0.4 is 0 Å². The molecule has 0 saturated carbocycles. The normalized spacial score (nSPS) is 17.0. The van der Waals surface area contributed by atoms with Gasteiger partial charge in [0.1, 0.15) is 0 Å². The summed E-state index contributed by atoms with van der Waals surface area (Å²) < 4.78 is 0. The summed E-state index contributed by atoms with van der Waals surface area (Å²) in [5, 5.41) is 0. The zero-order chi connectivity index (χ0) is 12.6. The van der Waals surface area contributed by atoms with E-state index < -0.39 is 0 Å². The molecule has 0 aliphatic rings. The molecular formula is C14H34Br2P2. The third-order valence-electron chi connectivity index (χ3n) is 3.92. The summed E-state index contributed by atoms with van der Waals surface area (Å²) in [6.07, 6.45) is 8.74. The average Bonchev–Trinajstić information content (AvgIpc) is 2.33. The molecular weight excluding hydrogens is 390 g/mol. The van der Waals surface area contributed by atoms with E-state index in [1.807, 2.05) is 0 Å². The molecule has 0 aromatic rings. The maximum Gasteiger partial charge on any atom is -0.0240 e. The van der Waals surface area contributed by atoms with E-state index in [-0.39, 0.29) is 34.0 Å². The summed E-state index contributed by atoms with van der Waals surface area (Å²) in [6.45, 7) is 14.4. The fourth-order valence-electron chi connectivity index (χ4n) is 2.15. The van der Waals surface area contributed by atoms with E-state index in [2.05, 4.69) is 41.5 Å². The molecule has 4 atom stereocenters. The van der Waals surface area contributed by atoms with Crippen molar-refractivity contribution in [1.29, 1.82) is 0 Å². The SMILES string of the molecule is Br.Br.CCC(C)P(CC)CCP(CC)C(C)CC. The van der Waals surface area contributed by atoms with Gasteiger partial charge in [-0.1, -0.05) is 41.5 Å². The summed E-state index contributed by atoms with van der Waals surface area (Å²) in [5.41, 5.74) is 1.98. The van der Waals surface area contributed by atoms with Gasteiger partial charge in [-0.25, -0.2) is 0 Å². The highest BCUT2D eigenvalue weighted by Gasteiger charge is 2.17. The zero-order valence-electron chi connectivity index (χ0n) is 13.1. The van der Waals surface area contributed by atoms with Crippen molar-refractivity contribution >= 4 is 49.8 Å². The van der Waals surface area contributed by atoms with E-state index in [0.717, 1.165) is 11.3 Å². The molecule has 0 aliphatic carbocycles. The minimum atomic E-state index is 0. The molecule has 0 amide bonds. The minimum Gasteiger partial charge on any atom is -0.114 e. The Morgan fingerprint density at radius 3 is 1.11 bits per heavy atom. The van der Waals surface area contributed by atoms with Gasteiger partial charge in [0.05, 0.1) is 0 Å². The predicted molar refractivity (Wildman–Crippen MR) is 105 cm³/mol. The first-order chi connectivity index (χ1) is 7.60. The van der Waals surface area contributed by atoms with E-state index in [0.29, 0.717) is 15.8 Å². The van der Waals surface area contributed by atoms with Crippen molar-refractivity contribution in [3.05, 3.63) is 0 Å². The van der Waals surface area contributed by atoms with Gasteiger partial charge in [0.2, 0.25) is 0 Å². The van der Waals surface area contributed by atoms with Crippen LogP contribution in [-0.2, 0) is 0 Å². The number of hydrogen-bond acceptors (Lipinski definition) is 0. The summed E-state index contributed by atoms with van der Waals surface area (Å²) in [4.78, 5) is 0. The first kappa shape index (κ1) is 24.8. The van der Waals surface area contributed by atoms with Crippen LogP contribution in [-0.4, -0.2) is 36.0 Å². The van der Waals surface area contributed by atoms with Gasteiger partial charge in [-0.2, -0.15) is 0 Å². The van der Waals surface area contributed by atoms with Gasteiger partial charge in [-0.15, -0.1) is 49.8 Å². The van der Waals surface area contributed by atoms with Crippen LogP contribution in [0.3, 0.4) is 0 Å². The van der Waals surface area contributed by atoms with Gasteiger partial charge in [-0.05, 0) is 48.8 Å². The quantitative estimate of drug-likeness (QED) is 0.360. The molecule has 0 rings (SSSR count). The molecule has 18 heavy (non-hydrogen) atoms. The van der Waals surface area contributed by atoms with Gasteiger partial charge in [0.15, 0.2) is 0 Å². The van der Waals surface area contributed by atoms with Crippen LogP contribution in [0.15, 0.2) is 0 Å². The minimum absolute atomic E-state index is 0. The standard InChI is InChI=1S/C14H32P2.2BrH/c1-7-13(5)15(9-3)11-12-16(10-4)14(6)8-2;;/h13-14H,7-12H2,1-6H3;2*1H. The molecule has 0 spiro atoms. The highest BCUT2D eigenvalue weighted by atomic mass is 79.9. The molecule has 0 aromatic heterocycles. The van der Waals surface area contributed by atoms with Gasteiger partial charge in [0.25, 0.3) is 0 Å². The first-order valence-corrected chi connectivity index (χ1v) is 10.6. The molecule has 0 aromatic carbocycles. The molecule has 0 radical (unpaired) electrons. The van der Waals surface area contributed by atoms with Crippen molar-refractivity contribution in [2.75, 3.05) is 24.6 Å². The fraction of sp³-hybridized carbons (Fsp3) is 1.00. The van der Waals surface area contributed by atoms with Gasteiger partial charge >= 0.3 is 0 Å². The van der Waals surface area contributed by atoms with Gasteiger partial charge in [-0.3, -0.25) is 0 Å². The number of rotatable bonds is 9. The first-order valence-electron chi connectivity index (χ1n) is 7.08. The van der Waals surface area contributed by atoms with Crippen LogP contribution in [0.2, 0.25) is 0 Å². The van der Waals surface area contributed by atoms with Crippen LogP contribution >= 0.6 is 49.8 Å². The lowest BCUT2D eigenvalue weighted by Crippen LogP contribution is -2.09. The van der Waals surface area contributed by atoms with Crippen molar-refractivity contribution in [3.63, 3.8) is 0 Å². The molecule has 0 aliphatic heterocycles. The molecule has 0 saturated heterocycles. The second kappa shape index (κ2) is 15.2. The lowest BCUT2D eigenvalue weighted by Gasteiger charge is -2.27. The molecule has 0 bridgehead atoms. The van der Waals surface area contributed by atoms with E-state index in [1.165, 1.54) is 25.2 Å². The Labute approximate surface area is 140 Å². The second-order valence-electron chi connectivity index (χ2n) is 4.77. The smallest absolute Gasteiger partial charge is 0.0240 e. The van der Waals surface area contributed by atoms with Crippen molar-refractivity contribution in [2.24, 2.45) is 0 Å². The fourth-order valence-corrected chi connectivity index (χ4v) is 8.00. The Hall–Kier alpha value is 1.82. The molecule has 0 fully saturated rings. The van der Waals surface area contributed by atoms with E-state index >= 15 is 0 Å². The number of halogens is 2. The average molecular weight is 424 g/mol. The highest BCUT2D eigenvalue weighted by Crippen LogP contribution is 2.49. The third-order valence-corrected chi connectivity index (χ3v) is 10.7. The molecule has 4 heteroatoms. The van der Waals surface area contributed by atoms with Gasteiger partial charge < -0.3 is 0 Å². The highest BCUT2D eigenvalue weighted by molar-refractivity contribution is 8.93. The predicted octanol–water partition coefficient (Wildman–Crippen LogP) is 6.74. The maximum atomic E-state index is 2.46. The topological polar surface area (TPSA) is 0 Å². The Balaban J connectivity index is -0.00000112. The lowest BCUT2D eigenvalue weighted by atomic mass is 10.4. The summed E-state index contributed by atoms with van der Waals surface area (Å²) in [5.74, 6) is 0. The number of hydrogen-bond donors (Lipinski definition) is 0. The van der Waals surface area contributed by atoms with Crippen LogP contribution in [0.4, 0.5) is 0 Å².